The van der Waals surface area contributed by atoms with Crippen LogP contribution in [-0.2, 0) is 0 Å². The molecule has 1 aromatic heterocycles. The molecule has 0 unspecified atom stereocenters. The molecule has 2 aromatic carbocycles. The van der Waals surface area contributed by atoms with Crippen molar-refractivity contribution in [1.82, 2.24) is 9.88 Å². The molecule has 162 valence electrons. The number of piperazine rings is 1. The molecule has 0 atom stereocenters. The van der Waals surface area contributed by atoms with Gasteiger partial charge in [-0.2, -0.15) is 0 Å². The third-order valence-corrected chi connectivity index (χ3v) is 6.37. The van der Waals surface area contributed by atoms with Crippen LogP contribution in [0.2, 0.25) is 0 Å². The van der Waals surface area contributed by atoms with Crippen LogP contribution in [0.4, 0.5) is 15.2 Å². The number of halogens is 1. The summed E-state index contributed by atoms with van der Waals surface area (Å²) in [7, 11) is 5.50. The lowest BCUT2D eigenvalue weighted by atomic mass is 10.1. The van der Waals surface area contributed by atoms with Gasteiger partial charge in [0.2, 0.25) is 0 Å². The van der Waals surface area contributed by atoms with E-state index in [0.29, 0.717) is 43.2 Å². The Kier molecular flexibility index (Phi) is 6.08. The summed E-state index contributed by atoms with van der Waals surface area (Å²) in [6.45, 7) is 2.26. The van der Waals surface area contributed by atoms with Crippen molar-refractivity contribution in [2.75, 3.05) is 57.2 Å². The zero-order chi connectivity index (χ0) is 22.0. The predicted octanol–water partition coefficient (Wildman–Crippen LogP) is 3.99. The van der Waals surface area contributed by atoms with E-state index in [1.165, 1.54) is 6.07 Å². The summed E-state index contributed by atoms with van der Waals surface area (Å²) >= 11 is 1.54. The highest BCUT2D eigenvalue weighted by Crippen LogP contribution is 2.34. The highest BCUT2D eigenvalue weighted by molar-refractivity contribution is 7.14. The largest absolute Gasteiger partial charge is 0.496 e. The first-order valence-corrected chi connectivity index (χ1v) is 11.0. The number of rotatable bonds is 5. The van der Waals surface area contributed by atoms with Crippen LogP contribution in [0.3, 0.4) is 0 Å². The van der Waals surface area contributed by atoms with Crippen molar-refractivity contribution in [3.05, 3.63) is 59.2 Å². The molecule has 0 spiro atoms. The van der Waals surface area contributed by atoms with Crippen molar-refractivity contribution in [2.24, 2.45) is 0 Å². The zero-order valence-electron chi connectivity index (χ0n) is 17.8. The van der Waals surface area contributed by atoms with Gasteiger partial charge in [0, 0.05) is 56.8 Å². The molecule has 0 N–H and O–H groups in total. The molecule has 1 saturated heterocycles. The minimum atomic E-state index is -0.234. The fourth-order valence-electron chi connectivity index (χ4n) is 3.68. The van der Waals surface area contributed by atoms with Gasteiger partial charge in [-0.25, -0.2) is 9.37 Å². The van der Waals surface area contributed by atoms with Gasteiger partial charge in [0.05, 0.1) is 18.5 Å². The van der Waals surface area contributed by atoms with Gasteiger partial charge in [-0.15, -0.1) is 11.3 Å². The van der Waals surface area contributed by atoms with Crippen molar-refractivity contribution < 1.29 is 13.9 Å². The van der Waals surface area contributed by atoms with E-state index in [-0.39, 0.29) is 11.7 Å². The number of para-hydroxylation sites is 1. The number of hydrogen-bond donors (Lipinski definition) is 0. The monoisotopic (exact) mass is 440 g/mol. The Labute approximate surface area is 185 Å². The summed E-state index contributed by atoms with van der Waals surface area (Å²) < 4.78 is 19.6. The van der Waals surface area contributed by atoms with Gasteiger partial charge >= 0.3 is 0 Å². The highest BCUT2D eigenvalue weighted by atomic mass is 32.1. The Balaban J connectivity index is 1.52. The first kappa shape index (κ1) is 21.1. The Bertz CT molecular complexity index is 1080. The van der Waals surface area contributed by atoms with Crippen LogP contribution in [0.5, 0.6) is 5.75 Å². The van der Waals surface area contributed by atoms with E-state index in [4.69, 9.17) is 4.74 Å². The van der Waals surface area contributed by atoms with Crippen molar-refractivity contribution in [1.29, 1.82) is 0 Å². The number of benzene rings is 2. The Morgan fingerprint density at radius 3 is 2.52 bits per heavy atom. The first-order chi connectivity index (χ1) is 15.0. The van der Waals surface area contributed by atoms with Crippen LogP contribution < -0.4 is 14.5 Å². The van der Waals surface area contributed by atoms with Gasteiger partial charge in [0.15, 0.2) is 5.13 Å². The molecule has 1 amide bonds. The molecule has 8 heteroatoms. The second-order valence-electron chi connectivity index (χ2n) is 7.56. The van der Waals surface area contributed by atoms with Crippen LogP contribution in [0.15, 0.2) is 47.8 Å². The molecule has 0 bridgehead atoms. The van der Waals surface area contributed by atoms with E-state index in [9.17, 15) is 9.18 Å². The van der Waals surface area contributed by atoms with E-state index < -0.39 is 0 Å². The topological polar surface area (TPSA) is 48.9 Å². The molecule has 0 radical (unpaired) electrons. The normalized spacial score (nSPS) is 13.9. The fourth-order valence-corrected chi connectivity index (χ4v) is 4.43. The molecular formula is C23H25FN4O2S. The number of carbonyl (C=O) groups is 1. The molecule has 3 aromatic rings. The van der Waals surface area contributed by atoms with Crippen LogP contribution in [-0.4, -0.2) is 63.2 Å². The van der Waals surface area contributed by atoms with Gasteiger partial charge in [-0.3, -0.25) is 4.79 Å². The lowest BCUT2D eigenvalue weighted by Gasteiger charge is -2.36. The number of aromatic nitrogens is 1. The van der Waals surface area contributed by atoms with E-state index in [0.717, 1.165) is 16.4 Å². The van der Waals surface area contributed by atoms with Crippen molar-refractivity contribution in [3.63, 3.8) is 0 Å². The van der Waals surface area contributed by atoms with Gasteiger partial charge in [0.25, 0.3) is 5.91 Å². The lowest BCUT2D eigenvalue weighted by molar-refractivity contribution is 0.0746. The van der Waals surface area contributed by atoms with Crippen molar-refractivity contribution >= 4 is 28.1 Å². The summed E-state index contributed by atoms with van der Waals surface area (Å²) in [5.41, 5.74) is 2.75. The molecule has 4 rings (SSSR count). The molecule has 31 heavy (non-hydrogen) atoms. The minimum Gasteiger partial charge on any atom is -0.496 e. The summed E-state index contributed by atoms with van der Waals surface area (Å²) in [6.07, 6.45) is 0. The van der Waals surface area contributed by atoms with Crippen molar-refractivity contribution in [3.8, 4) is 17.0 Å². The third kappa shape index (κ3) is 4.34. The maximum atomic E-state index is 14.1. The van der Waals surface area contributed by atoms with E-state index in [1.54, 1.807) is 36.6 Å². The average Bonchev–Trinajstić information content (AvgIpc) is 3.29. The molecule has 0 saturated carbocycles. The molecule has 1 aliphatic heterocycles. The summed E-state index contributed by atoms with van der Waals surface area (Å²) in [6, 6.07) is 12.2. The number of hydrogen-bond acceptors (Lipinski definition) is 6. The fraction of sp³-hybridized carbons (Fsp3) is 0.304. The summed E-state index contributed by atoms with van der Waals surface area (Å²) in [5.74, 6) is 0.402. The molecule has 6 nitrogen and oxygen atoms in total. The second kappa shape index (κ2) is 8.93. The number of amides is 1. The van der Waals surface area contributed by atoms with Gasteiger partial charge < -0.3 is 19.4 Å². The number of methoxy groups -OCH3 is 1. The average molecular weight is 441 g/mol. The van der Waals surface area contributed by atoms with Crippen LogP contribution in [0.25, 0.3) is 11.3 Å². The zero-order valence-corrected chi connectivity index (χ0v) is 18.7. The van der Waals surface area contributed by atoms with Gasteiger partial charge in [-0.05, 0) is 30.3 Å². The molecule has 2 heterocycles. The number of nitrogens with zero attached hydrogens (tertiary/aromatic N) is 4. The Hall–Kier alpha value is -3.13. The van der Waals surface area contributed by atoms with Gasteiger partial charge in [-0.1, -0.05) is 12.1 Å². The predicted molar refractivity (Wildman–Crippen MR) is 123 cm³/mol. The maximum Gasteiger partial charge on any atom is 0.254 e. The van der Waals surface area contributed by atoms with Crippen LogP contribution >= 0.6 is 11.3 Å². The van der Waals surface area contributed by atoms with Crippen molar-refractivity contribution in [2.45, 2.75) is 0 Å². The second-order valence-corrected chi connectivity index (χ2v) is 8.39. The molecule has 1 aliphatic rings. The summed E-state index contributed by atoms with van der Waals surface area (Å²) in [4.78, 5) is 23.6. The minimum absolute atomic E-state index is 0.0415. The number of anilines is 2. The third-order valence-electron chi connectivity index (χ3n) is 5.36. The molecular weight excluding hydrogens is 415 g/mol. The SMILES string of the molecule is COc1ccc(C(=O)N2CCN(c3ccccc3F)CC2)cc1-c1csc(N(C)C)n1. The quantitative estimate of drug-likeness (QED) is 0.601. The van der Waals surface area contributed by atoms with Gasteiger partial charge in [0.1, 0.15) is 11.6 Å². The Morgan fingerprint density at radius 1 is 1.13 bits per heavy atom. The molecule has 1 fully saturated rings. The smallest absolute Gasteiger partial charge is 0.254 e. The van der Waals surface area contributed by atoms with E-state index >= 15 is 0 Å². The molecule has 0 aliphatic carbocycles. The van der Waals surface area contributed by atoms with Crippen LogP contribution in [0.1, 0.15) is 10.4 Å². The maximum absolute atomic E-state index is 14.1. The number of ether oxygens (including phenoxy) is 1. The highest BCUT2D eigenvalue weighted by Gasteiger charge is 2.24. The summed E-state index contributed by atoms with van der Waals surface area (Å²) in [5, 5.41) is 2.85. The van der Waals surface area contributed by atoms with Crippen LogP contribution in [0, 0.1) is 5.82 Å². The lowest BCUT2D eigenvalue weighted by Crippen LogP contribution is -2.49. The number of thiazole rings is 1. The van der Waals surface area contributed by atoms with E-state index in [1.807, 2.05) is 52.4 Å². The standard InChI is InChI=1S/C23H25FN4O2S/c1-26(2)23-25-19(15-31-23)17-14-16(8-9-21(17)30-3)22(29)28-12-10-27(11-13-28)20-7-5-4-6-18(20)24/h4-9,14-15H,10-13H2,1-3H3. The Morgan fingerprint density at radius 2 is 1.87 bits per heavy atom. The van der Waals surface area contributed by atoms with E-state index in [2.05, 4.69) is 4.98 Å². The number of carbonyl (C=O) groups excluding carboxylic acids is 1. The first-order valence-electron chi connectivity index (χ1n) is 10.1.